The number of unbranched alkanes of at least 4 members (excludes halogenated alkanes) is 2. The highest BCUT2D eigenvalue weighted by Gasteiger charge is 2.14. The number of halogens is 1. The molecule has 1 N–H and O–H groups in total. The summed E-state index contributed by atoms with van der Waals surface area (Å²) in [7, 11) is 1.69. The maximum atomic E-state index is 10.7. The number of nitro groups is 1. The number of nitro benzene ring substituents is 1. The van der Waals surface area contributed by atoms with Crippen molar-refractivity contribution in [3.8, 4) is 0 Å². The molecule has 0 unspecified atom stereocenters. The van der Waals surface area contributed by atoms with E-state index in [0.717, 1.165) is 43.7 Å². The fourth-order valence-electron chi connectivity index (χ4n) is 1.77. The minimum absolute atomic E-state index is 0.0511. The second-order valence-corrected chi connectivity index (χ2v) is 4.76. The SMILES string of the molecule is COCCCCCNc1cc(Cl)c([N+](=O)[O-])cc1C. The van der Waals surface area contributed by atoms with Crippen molar-refractivity contribution in [3.05, 3.63) is 32.8 Å². The number of ether oxygens (including phenoxy) is 1. The predicted molar refractivity (Wildman–Crippen MR) is 77.1 cm³/mol. The molecule has 1 rings (SSSR count). The smallest absolute Gasteiger partial charge is 0.288 e. The Morgan fingerprint density at radius 3 is 2.74 bits per heavy atom. The molecule has 106 valence electrons. The molecule has 0 aliphatic carbocycles. The average Bonchev–Trinajstić information content (AvgIpc) is 2.36. The Morgan fingerprint density at radius 2 is 2.11 bits per heavy atom. The molecule has 0 amide bonds. The van der Waals surface area contributed by atoms with Crippen LogP contribution in [-0.2, 0) is 4.74 Å². The van der Waals surface area contributed by atoms with Crippen molar-refractivity contribution in [2.45, 2.75) is 26.2 Å². The first kappa shape index (κ1) is 15.7. The molecule has 5 nitrogen and oxygen atoms in total. The Hall–Kier alpha value is -1.33. The van der Waals surface area contributed by atoms with E-state index in [4.69, 9.17) is 16.3 Å². The molecule has 1 aromatic rings. The van der Waals surface area contributed by atoms with E-state index < -0.39 is 4.92 Å². The number of nitrogens with zero attached hydrogens (tertiary/aromatic N) is 1. The molecular formula is C13H19ClN2O3. The Kier molecular flexibility index (Phi) is 6.59. The van der Waals surface area contributed by atoms with Gasteiger partial charge in [-0.3, -0.25) is 10.1 Å². The number of hydrogen-bond acceptors (Lipinski definition) is 4. The van der Waals surface area contributed by atoms with Gasteiger partial charge in [0.05, 0.1) is 4.92 Å². The van der Waals surface area contributed by atoms with E-state index in [1.807, 2.05) is 6.92 Å². The summed E-state index contributed by atoms with van der Waals surface area (Å²) in [5, 5.41) is 14.1. The van der Waals surface area contributed by atoms with Gasteiger partial charge in [0.1, 0.15) is 5.02 Å². The standard InChI is InChI=1S/C13H19ClN2O3/c1-10-8-13(16(17)18)11(14)9-12(10)15-6-4-3-5-7-19-2/h8-9,15H,3-7H2,1-2H3. The van der Waals surface area contributed by atoms with Crippen LogP contribution in [0.3, 0.4) is 0 Å². The summed E-state index contributed by atoms with van der Waals surface area (Å²) in [5.41, 5.74) is 1.63. The van der Waals surface area contributed by atoms with Crippen LogP contribution in [0, 0.1) is 17.0 Å². The van der Waals surface area contributed by atoms with E-state index in [9.17, 15) is 10.1 Å². The zero-order chi connectivity index (χ0) is 14.3. The first-order chi connectivity index (χ1) is 9.06. The first-order valence-electron chi connectivity index (χ1n) is 6.23. The van der Waals surface area contributed by atoms with Gasteiger partial charge in [0.2, 0.25) is 0 Å². The summed E-state index contributed by atoms with van der Waals surface area (Å²) in [6.45, 7) is 3.43. The van der Waals surface area contributed by atoms with Gasteiger partial charge in [-0.05, 0) is 37.8 Å². The number of benzene rings is 1. The third kappa shape index (κ3) is 5.04. The van der Waals surface area contributed by atoms with Crippen LogP contribution in [0.2, 0.25) is 5.02 Å². The Morgan fingerprint density at radius 1 is 1.37 bits per heavy atom. The predicted octanol–water partition coefficient (Wildman–Crippen LogP) is 3.79. The highest BCUT2D eigenvalue weighted by molar-refractivity contribution is 6.33. The van der Waals surface area contributed by atoms with Crippen molar-refractivity contribution in [1.29, 1.82) is 0 Å². The summed E-state index contributed by atoms with van der Waals surface area (Å²) in [6.07, 6.45) is 3.15. The summed E-state index contributed by atoms with van der Waals surface area (Å²) in [4.78, 5) is 10.3. The number of aryl methyl sites for hydroxylation is 1. The molecule has 0 saturated carbocycles. The minimum atomic E-state index is -0.468. The zero-order valence-electron chi connectivity index (χ0n) is 11.2. The molecule has 0 aromatic heterocycles. The maximum absolute atomic E-state index is 10.7. The monoisotopic (exact) mass is 286 g/mol. The summed E-state index contributed by atoms with van der Waals surface area (Å²) >= 11 is 5.88. The molecule has 0 fully saturated rings. The van der Waals surface area contributed by atoms with Gasteiger partial charge in [-0.15, -0.1) is 0 Å². The van der Waals surface area contributed by atoms with Crippen LogP contribution in [0.25, 0.3) is 0 Å². The van der Waals surface area contributed by atoms with Crippen molar-refractivity contribution in [1.82, 2.24) is 0 Å². The third-order valence-electron chi connectivity index (χ3n) is 2.83. The molecular weight excluding hydrogens is 268 g/mol. The highest BCUT2D eigenvalue weighted by Crippen LogP contribution is 2.30. The molecule has 0 saturated heterocycles. The molecule has 19 heavy (non-hydrogen) atoms. The van der Waals surface area contributed by atoms with Crippen LogP contribution in [0.15, 0.2) is 12.1 Å². The van der Waals surface area contributed by atoms with Crippen LogP contribution in [0.5, 0.6) is 0 Å². The molecule has 1 aromatic carbocycles. The summed E-state index contributed by atoms with van der Waals surface area (Å²) < 4.78 is 4.98. The number of rotatable bonds is 8. The third-order valence-corrected chi connectivity index (χ3v) is 3.13. The average molecular weight is 287 g/mol. The molecule has 0 spiro atoms. The van der Waals surface area contributed by atoms with E-state index in [0.29, 0.717) is 0 Å². The second-order valence-electron chi connectivity index (χ2n) is 4.36. The normalized spacial score (nSPS) is 10.5. The lowest BCUT2D eigenvalue weighted by Gasteiger charge is -2.10. The van der Waals surface area contributed by atoms with Crippen LogP contribution in [0.1, 0.15) is 24.8 Å². The first-order valence-corrected chi connectivity index (χ1v) is 6.61. The van der Waals surface area contributed by atoms with Crippen LogP contribution >= 0.6 is 11.6 Å². The van der Waals surface area contributed by atoms with Gasteiger partial charge in [-0.25, -0.2) is 0 Å². The van der Waals surface area contributed by atoms with Crippen molar-refractivity contribution < 1.29 is 9.66 Å². The maximum Gasteiger partial charge on any atom is 0.288 e. The fourth-order valence-corrected chi connectivity index (χ4v) is 2.00. The molecule has 0 bridgehead atoms. The van der Waals surface area contributed by atoms with Crippen molar-refractivity contribution in [3.63, 3.8) is 0 Å². The topological polar surface area (TPSA) is 64.4 Å². The lowest BCUT2D eigenvalue weighted by atomic mass is 10.1. The van der Waals surface area contributed by atoms with Gasteiger partial charge >= 0.3 is 0 Å². The molecule has 0 heterocycles. The van der Waals surface area contributed by atoms with Crippen LogP contribution in [-0.4, -0.2) is 25.2 Å². The molecule has 0 aliphatic heterocycles. The molecule has 0 aliphatic rings. The summed E-state index contributed by atoms with van der Waals surface area (Å²) in [5.74, 6) is 0. The quantitative estimate of drug-likeness (QED) is 0.449. The van der Waals surface area contributed by atoms with E-state index in [1.54, 1.807) is 13.2 Å². The number of methoxy groups -OCH3 is 1. The van der Waals surface area contributed by atoms with Crippen molar-refractivity contribution in [2.24, 2.45) is 0 Å². The molecule has 6 heteroatoms. The fraction of sp³-hybridized carbons (Fsp3) is 0.538. The number of nitrogens with one attached hydrogen (secondary N) is 1. The zero-order valence-corrected chi connectivity index (χ0v) is 12.0. The lowest BCUT2D eigenvalue weighted by molar-refractivity contribution is -0.384. The van der Waals surface area contributed by atoms with E-state index in [-0.39, 0.29) is 10.7 Å². The highest BCUT2D eigenvalue weighted by atomic mass is 35.5. The van der Waals surface area contributed by atoms with Crippen LogP contribution in [0.4, 0.5) is 11.4 Å². The number of hydrogen-bond donors (Lipinski definition) is 1. The van der Waals surface area contributed by atoms with E-state index in [1.165, 1.54) is 6.07 Å². The van der Waals surface area contributed by atoms with Crippen LogP contribution < -0.4 is 5.32 Å². The molecule has 0 atom stereocenters. The van der Waals surface area contributed by atoms with Gasteiger partial charge in [0, 0.05) is 32.0 Å². The lowest BCUT2D eigenvalue weighted by Crippen LogP contribution is -2.04. The van der Waals surface area contributed by atoms with E-state index in [2.05, 4.69) is 5.32 Å². The van der Waals surface area contributed by atoms with Gasteiger partial charge in [-0.1, -0.05) is 11.6 Å². The van der Waals surface area contributed by atoms with Gasteiger partial charge < -0.3 is 10.1 Å². The van der Waals surface area contributed by atoms with Gasteiger partial charge in [-0.2, -0.15) is 0 Å². The van der Waals surface area contributed by atoms with Gasteiger partial charge in [0.25, 0.3) is 5.69 Å². The Labute approximate surface area is 118 Å². The van der Waals surface area contributed by atoms with Crippen molar-refractivity contribution >= 4 is 23.0 Å². The largest absolute Gasteiger partial charge is 0.385 e. The summed E-state index contributed by atoms with van der Waals surface area (Å²) in [6, 6.07) is 3.11. The molecule has 0 radical (unpaired) electrons. The van der Waals surface area contributed by atoms with Crippen molar-refractivity contribution in [2.75, 3.05) is 25.6 Å². The Balaban J connectivity index is 2.50. The van der Waals surface area contributed by atoms with Gasteiger partial charge in [0.15, 0.2) is 0 Å². The number of anilines is 1. The van der Waals surface area contributed by atoms with E-state index >= 15 is 0 Å². The second kappa shape index (κ2) is 7.96. The Bertz CT molecular complexity index is 438. The minimum Gasteiger partial charge on any atom is -0.385 e.